The molecule has 0 aliphatic heterocycles. The van der Waals surface area contributed by atoms with Crippen molar-refractivity contribution in [2.75, 3.05) is 11.1 Å². The number of carbonyl (C=O) groups excluding carboxylic acids is 1. The van der Waals surface area contributed by atoms with Crippen LogP contribution in [-0.4, -0.2) is 5.91 Å². The molecule has 0 aliphatic rings. The number of nitrogen functional groups attached to an aromatic ring is 1. The lowest BCUT2D eigenvalue weighted by molar-refractivity contribution is 0.102. The van der Waals surface area contributed by atoms with Crippen molar-refractivity contribution in [3.8, 4) is 0 Å². The summed E-state index contributed by atoms with van der Waals surface area (Å²) in [6.07, 6.45) is 0. The number of carbonyl (C=O) groups is 1. The van der Waals surface area contributed by atoms with Crippen LogP contribution in [0.2, 0.25) is 0 Å². The van der Waals surface area contributed by atoms with Crippen LogP contribution in [-0.2, 0) is 0 Å². The van der Waals surface area contributed by atoms with Gasteiger partial charge in [0, 0.05) is 20.3 Å². The van der Waals surface area contributed by atoms with Crippen molar-refractivity contribution in [1.82, 2.24) is 0 Å². The molecule has 3 nitrogen and oxygen atoms in total. The van der Waals surface area contributed by atoms with Gasteiger partial charge in [-0.3, -0.25) is 4.79 Å². The first-order valence-corrected chi connectivity index (χ1v) is 6.77. The van der Waals surface area contributed by atoms with Crippen LogP contribution >= 0.6 is 31.9 Å². The van der Waals surface area contributed by atoms with E-state index in [4.69, 9.17) is 5.73 Å². The maximum Gasteiger partial charge on any atom is 0.256 e. The third kappa shape index (κ3) is 3.11. The molecule has 0 radical (unpaired) electrons. The largest absolute Gasteiger partial charge is 0.399 e. The highest BCUT2D eigenvalue weighted by Crippen LogP contribution is 2.23. The fraction of sp³-hybridized carbons (Fsp3) is 0. The molecule has 0 heterocycles. The molecule has 0 saturated carbocycles. The van der Waals surface area contributed by atoms with Gasteiger partial charge in [-0.05, 0) is 52.3 Å². The van der Waals surface area contributed by atoms with Crippen LogP contribution in [0.15, 0.2) is 51.4 Å². The van der Waals surface area contributed by atoms with Crippen molar-refractivity contribution < 1.29 is 4.79 Å². The van der Waals surface area contributed by atoms with E-state index in [1.807, 2.05) is 12.1 Å². The Kier molecular flexibility index (Phi) is 4.04. The van der Waals surface area contributed by atoms with Gasteiger partial charge in [0.1, 0.15) is 0 Å². The summed E-state index contributed by atoms with van der Waals surface area (Å²) in [5.74, 6) is -0.181. The Balaban J connectivity index is 2.22. The molecule has 1 amide bonds. The molecule has 0 spiro atoms. The Hall–Kier alpha value is -1.33. The summed E-state index contributed by atoms with van der Waals surface area (Å²) < 4.78 is 1.65. The predicted molar refractivity (Wildman–Crippen MR) is 80.6 cm³/mol. The summed E-state index contributed by atoms with van der Waals surface area (Å²) in [6, 6.07) is 12.5. The minimum atomic E-state index is -0.181. The monoisotopic (exact) mass is 368 g/mol. The Morgan fingerprint density at radius 3 is 2.56 bits per heavy atom. The summed E-state index contributed by atoms with van der Waals surface area (Å²) in [6.45, 7) is 0. The molecular weight excluding hydrogens is 360 g/mol. The average molecular weight is 370 g/mol. The standard InChI is InChI=1S/C13H10Br2N2O/c14-8-4-5-11(12(15)6-8)13(18)17-10-3-1-2-9(16)7-10/h1-7H,16H2,(H,17,18). The first kappa shape index (κ1) is 13.1. The molecular formula is C13H10Br2N2O. The van der Waals surface area contributed by atoms with Crippen LogP contribution in [0.5, 0.6) is 0 Å². The number of benzene rings is 2. The molecule has 0 atom stereocenters. The average Bonchev–Trinajstić information content (AvgIpc) is 2.28. The number of anilines is 2. The molecule has 5 heteroatoms. The normalized spacial score (nSPS) is 10.1. The van der Waals surface area contributed by atoms with Crippen LogP contribution in [0.4, 0.5) is 11.4 Å². The van der Waals surface area contributed by atoms with Gasteiger partial charge in [-0.1, -0.05) is 22.0 Å². The van der Waals surface area contributed by atoms with Crippen molar-refractivity contribution in [3.63, 3.8) is 0 Å². The fourth-order valence-electron chi connectivity index (χ4n) is 1.49. The quantitative estimate of drug-likeness (QED) is 0.784. The Morgan fingerprint density at radius 1 is 1.11 bits per heavy atom. The van der Waals surface area contributed by atoms with Crippen LogP contribution in [0.25, 0.3) is 0 Å². The predicted octanol–water partition coefficient (Wildman–Crippen LogP) is 4.05. The topological polar surface area (TPSA) is 55.1 Å². The van der Waals surface area contributed by atoms with Crippen molar-refractivity contribution >= 4 is 49.1 Å². The first-order valence-electron chi connectivity index (χ1n) is 5.18. The summed E-state index contributed by atoms with van der Waals surface area (Å²) >= 11 is 6.70. The van der Waals surface area contributed by atoms with E-state index in [0.717, 1.165) is 8.95 Å². The van der Waals surface area contributed by atoms with Gasteiger partial charge in [0.15, 0.2) is 0 Å². The van der Waals surface area contributed by atoms with Crippen molar-refractivity contribution in [2.24, 2.45) is 0 Å². The highest BCUT2D eigenvalue weighted by Gasteiger charge is 2.10. The fourth-order valence-corrected chi connectivity index (χ4v) is 2.72. The van der Waals surface area contributed by atoms with E-state index in [9.17, 15) is 4.79 Å². The second-order valence-electron chi connectivity index (χ2n) is 3.70. The van der Waals surface area contributed by atoms with Gasteiger partial charge in [-0.25, -0.2) is 0 Å². The van der Waals surface area contributed by atoms with E-state index in [1.165, 1.54) is 0 Å². The van der Waals surface area contributed by atoms with Crippen LogP contribution < -0.4 is 11.1 Å². The minimum absolute atomic E-state index is 0.181. The van der Waals surface area contributed by atoms with Gasteiger partial charge in [0.25, 0.3) is 5.91 Å². The zero-order chi connectivity index (χ0) is 13.1. The molecule has 2 aromatic carbocycles. The number of amides is 1. The smallest absolute Gasteiger partial charge is 0.256 e. The molecule has 2 aromatic rings. The van der Waals surface area contributed by atoms with Crippen molar-refractivity contribution in [1.29, 1.82) is 0 Å². The van der Waals surface area contributed by atoms with E-state index in [-0.39, 0.29) is 5.91 Å². The maximum absolute atomic E-state index is 12.1. The SMILES string of the molecule is Nc1cccc(NC(=O)c2ccc(Br)cc2Br)c1. The number of halogens is 2. The maximum atomic E-state index is 12.1. The third-order valence-electron chi connectivity index (χ3n) is 2.32. The molecule has 0 saturated heterocycles. The van der Waals surface area contributed by atoms with E-state index in [0.29, 0.717) is 16.9 Å². The van der Waals surface area contributed by atoms with E-state index < -0.39 is 0 Å². The summed E-state index contributed by atoms with van der Waals surface area (Å²) in [5, 5.41) is 2.80. The highest BCUT2D eigenvalue weighted by atomic mass is 79.9. The number of nitrogens with two attached hydrogens (primary N) is 1. The summed E-state index contributed by atoms with van der Waals surface area (Å²) in [7, 11) is 0. The second-order valence-corrected chi connectivity index (χ2v) is 5.47. The summed E-state index contributed by atoms with van der Waals surface area (Å²) in [5.41, 5.74) is 7.52. The molecule has 18 heavy (non-hydrogen) atoms. The number of rotatable bonds is 2. The number of hydrogen-bond acceptors (Lipinski definition) is 2. The first-order chi connectivity index (χ1) is 8.56. The zero-order valence-corrected chi connectivity index (χ0v) is 12.5. The summed E-state index contributed by atoms with van der Waals surface area (Å²) in [4.78, 5) is 12.1. The molecule has 2 rings (SSSR count). The minimum Gasteiger partial charge on any atom is -0.399 e. The Bertz CT molecular complexity index is 599. The van der Waals surface area contributed by atoms with Gasteiger partial charge in [-0.15, -0.1) is 0 Å². The second kappa shape index (κ2) is 5.54. The number of hydrogen-bond donors (Lipinski definition) is 2. The zero-order valence-electron chi connectivity index (χ0n) is 9.28. The Labute approximate surface area is 122 Å². The van der Waals surface area contributed by atoms with Crippen LogP contribution in [0.3, 0.4) is 0 Å². The van der Waals surface area contributed by atoms with Crippen molar-refractivity contribution in [3.05, 3.63) is 57.0 Å². The van der Waals surface area contributed by atoms with Gasteiger partial charge in [0.05, 0.1) is 5.56 Å². The molecule has 0 fully saturated rings. The molecule has 0 bridgehead atoms. The lowest BCUT2D eigenvalue weighted by atomic mass is 10.2. The highest BCUT2D eigenvalue weighted by molar-refractivity contribution is 9.11. The van der Waals surface area contributed by atoms with Crippen LogP contribution in [0.1, 0.15) is 10.4 Å². The van der Waals surface area contributed by atoms with Gasteiger partial charge >= 0.3 is 0 Å². The van der Waals surface area contributed by atoms with Gasteiger partial charge in [-0.2, -0.15) is 0 Å². The number of nitrogens with one attached hydrogen (secondary N) is 1. The van der Waals surface area contributed by atoms with Gasteiger partial charge in [0.2, 0.25) is 0 Å². The van der Waals surface area contributed by atoms with Gasteiger partial charge < -0.3 is 11.1 Å². The lowest BCUT2D eigenvalue weighted by Gasteiger charge is -2.07. The molecule has 0 unspecified atom stereocenters. The van der Waals surface area contributed by atoms with E-state index in [2.05, 4.69) is 37.2 Å². The van der Waals surface area contributed by atoms with Crippen LogP contribution in [0, 0.1) is 0 Å². The molecule has 3 N–H and O–H groups in total. The Morgan fingerprint density at radius 2 is 1.89 bits per heavy atom. The molecule has 0 aliphatic carbocycles. The lowest BCUT2D eigenvalue weighted by Crippen LogP contribution is -2.12. The van der Waals surface area contributed by atoms with E-state index >= 15 is 0 Å². The third-order valence-corrected chi connectivity index (χ3v) is 3.47. The molecule has 0 aromatic heterocycles. The molecule has 92 valence electrons. The van der Waals surface area contributed by atoms with Crippen molar-refractivity contribution in [2.45, 2.75) is 0 Å². The van der Waals surface area contributed by atoms with E-state index in [1.54, 1.807) is 30.3 Å².